The average Bonchev–Trinajstić information content (AvgIpc) is 2.57. The molecule has 1 atom stereocenters. The summed E-state index contributed by atoms with van der Waals surface area (Å²) in [5, 5.41) is 0. The molecule has 0 radical (unpaired) electrons. The van der Waals surface area contributed by atoms with Crippen molar-refractivity contribution in [3.63, 3.8) is 0 Å². The summed E-state index contributed by atoms with van der Waals surface area (Å²) in [5.74, 6) is 0. The minimum absolute atomic E-state index is 0.265. The molecule has 0 N–H and O–H groups in total. The Morgan fingerprint density at radius 2 is 1.94 bits per heavy atom. The quantitative estimate of drug-likeness (QED) is 0.738. The lowest BCUT2D eigenvalue weighted by molar-refractivity contribution is 0.286. The Balaban J connectivity index is 2.44. The van der Waals surface area contributed by atoms with Gasteiger partial charge in [-0.3, -0.25) is 4.90 Å². The smallest absolute Gasteiger partial charge is 0.410 e. The van der Waals surface area contributed by atoms with Gasteiger partial charge in [0.15, 0.2) is 0 Å². The van der Waals surface area contributed by atoms with Crippen LogP contribution in [0.1, 0.15) is 29.7 Å². The largest absolute Gasteiger partial charge is 0.493 e. The Hall–Kier alpha value is -0.835. The number of nitrogens with zero attached hydrogens (tertiary/aromatic N) is 1. The fourth-order valence-corrected chi connectivity index (χ4v) is 2.58. The minimum atomic E-state index is -0.265. The van der Waals surface area contributed by atoms with Gasteiger partial charge in [0, 0.05) is 26.8 Å². The number of rotatable bonds is 3. The molecule has 1 aliphatic rings. The SMILES string of the molecule is COB(OC)c1cc2c(cc1C)CN(C)C2C. The predicted octanol–water partition coefficient (Wildman–Crippen LogP) is 1.49. The Morgan fingerprint density at radius 1 is 1.29 bits per heavy atom. The van der Waals surface area contributed by atoms with E-state index in [1.165, 1.54) is 16.7 Å². The van der Waals surface area contributed by atoms with E-state index in [1.807, 2.05) is 0 Å². The number of aryl methyl sites for hydroxylation is 1. The average molecular weight is 233 g/mol. The number of benzene rings is 1. The monoisotopic (exact) mass is 233 g/mol. The lowest BCUT2D eigenvalue weighted by Gasteiger charge is -2.16. The molecular formula is C13H20BNO2. The van der Waals surface area contributed by atoms with E-state index in [4.69, 9.17) is 9.31 Å². The van der Waals surface area contributed by atoms with Gasteiger partial charge in [0.1, 0.15) is 0 Å². The normalized spacial score (nSPS) is 19.5. The van der Waals surface area contributed by atoms with Crippen molar-refractivity contribution >= 4 is 12.6 Å². The van der Waals surface area contributed by atoms with E-state index >= 15 is 0 Å². The third kappa shape index (κ3) is 2.13. The summed E-state index contributed by atoms with van der Waals surface area (Å²) in [7, 11) is 5.25. The van der Waals surface area contributed by atoms with Crippen LogP contribution in [0, 0.1) is 6.92 Å². The molecular weight excluding hydrogens is 213 g/mol. The molecule has 4 heteroatoms. The van der Waals surface area contributed by atoms with Crippen molar-refractivity contribution in [2.45, 2.75) is 26.4 Å². The second-order valence-corrected chi connectivity index (χ2v) is 4.80. The Bertz CT molecular complexity index is 418. The van der Waals surface area contributed by atoms with E-state index < -0.39 is 0 Å². The van der Waals surface area contributed by atoms with Crippen LogP contribution in [0.3, 0.4) is 0 Å². The summed E-state index contributed by atoms with van der Waals surface area (Å²) in [6, 6.07) is 4.96. The first-order chi connectivity index (χ1) is 8.08. The zero-order chi connectivity index (χ0) is 12.6. The van der Waals surface area contributed by atoms with Crippen molar-refractivity contribution in [1.82, 2.24) is 4.90 Å². The molecule has 0 aliphatic carbocycles. The molecule has 1 unspecified atom stereocenters. The summed E-state index contributed by atoms with van der Waals surface area (Å²) in [5.41, 5.74) is 5.19. The molecule has 2 rings (SSSR count). The predicted molar refractivity (Wildman–Crippen MR) is 70.5 cm³/mol. The van der Waals surface area contributed by atoms with Crippen LogP contribution in [0.4, 0.5) is 0 Å². The van der Waals surface area contributed by atoms with Crippen molar-refractivity contribution in [2.75, 3.05) is 21.3 Å². The van der Waals surface area contributed by atoms with Crippen LogP contribution >= 0.6 is 0 Å². The molecule has 0 spiro atoms. The van der Waals surface area contributed by atoms with Crippen LogP contribution in [-0.2, 0) is 15.9 Å². The van der Waals surface area contributed by atoms with Gasteiger partial charge in [0.25, 0.3) is 0 Å². The van der Waals surface area contributed by atoms with Crippen molar-refractivity contribution in [2.24, 2.45) is 0 Å². The van der Waals surface area contributed by atoms with Gasteiger partial charge in [-0.2, -0.15) is 0 Å². The molecule has 0 amide bonds. The van der Waals surface area contributed by atoms with Gasteiger partial charge in [-0.15, -0.1) is 0 Å². The Labute approximate surface area is 104 Å². The second-order valence-electron chi connectivity index (χ2n) is 4.80. The third-order valence-electron chi connectivity index (χ3n) is 3.74. The zero-order valence-corrected chi connectivity index (χ0v) is 11.3. The maximum Gasteiger partial charge on any atom is 0.493 e. The van der Waals surface area contributed by atoms with Crippen LogP contribution < -0.4 is 5.46 Å². The summed E-state index contributed by atoms with van der Waals surface area (Å²) in [4.78, 5) is 2.35. The minimum Gasteiger partial charge on any atom is -0.410 e. The maximum atomic E-state index is 5.35. The topological polar surface area (TPSA) is 21.7 Å². The van der Waals surface area contributed by atoms with Crippen molar-refractivity contribution < 1.29 is 9.31 Å². The van der Waals surface area contributed by atoms with Crippen LogP contribution in [0.15, 0.2) is 12.1 Å². The molecule has 17 heavy (non-hydrogen) atoms. The summed E-state index contributed by atoms with van der Waals surface area (Å²) in [6.07, 6.45) is 0. The van der Waals surface area contributed by atoms with Gasteiger partial charge in [0.05, 0.1) is 0 Å². The zero-order valence-electron chi connectivity index (χ0n) is 11.3. The van der Waals surface area contributed by atoms with Crippen molar-refractivity contribution in [3.05, 3.63) is 28.8 Å². The molecule has 1 aromatic rings. The first-order valence-electron chi connectivity index (χ1n) is 5.97. The van der Waals surface area contributed by atoms with Crippen LogP contribution in [0.2, 0.25) is 0 Å². The van der Waals surface area contributed by atoms with Gasteiger partial charge in [-0.25, -0.2) is 0 Å². The summed E-state index contributed by atoms with van der Waals surface area (Å²) in [6.45, 7) is 5.38. The first-order valence-corrected chi connectivity index (χ1v) is 5.97. The number of hydrogen-bond acceptors (Lipinski definition) is 3. The van der Waals surface area contributed by atoms with E-state index in [2.05, 4.69) is 37.9 Å². The molecule has 0 aromatic heterocycles. The lowest BCUT2D eigenvalue weighted by Crippen LogP contribution is -2.37. The van der Waals surface area contributed by atoms with Crippen molar-refractivity contribution in [3.8, 4) is 0 Å². The molecule has 1 aliphatic heterocycles. The number of hydrogen-bond donors (Lipinski definition) is 0. The number of fused-ring (bicyclic) bond motifs is 1. The van der Waals surface area contributed by atoms with Gasteiger partial charge in [-0.05, 0) is 37.5 Å². The summed E-state index contributed by atoms with van der Waals surface area (Å²) >= 11 is 0. The molecule has 0 bridgehead atoms. The first kappa shape index (κ1) is 12.6. The Morgan fingerprint density at radius 3 is 2.53 bits per heavy atom. The van der Waals surface area contributed by atoms with Crippen LogP contribution in [0.25, 0.3) is 0 Å². The van der Waals surface area contributed by atoms with Gasteiger partial charge >= 0.3 is 7.12 Å². The molecule has 0 saturated heterocycles. The Kier molecular flexibility index (Phi) is 3.57. The summed E-state index contributed by atoms with van der Waals surface area (Å²) < 4.78 is 10.7. The van der Waals surface area contributed by atoms with E-state index in [0.717, 1.165) is 12.0 Å². The third-order valence-corrected chi connectivity index (χ3v) is 3.74. The van der Waals surface area contributed by atoms with Gasteiger partial charge < -0.3 is 9.31 Å². The standard InChI is InChI=1S/C13H20BNO2/c1-9-6-11-8-15(3)10(2)12(11)7-13(9)14(16-4)17-5/h6-7,10H,8H2,1-5H3. The second kappa shape index (κ2) is 4.80. The highest BCUT2D eigenvalue weighted by Crippen LogP contribution is 2.31. The fourth-order valence-electron chi connectivity index (χ4n) is 2.58. The van der Waals surface area contributed by atoms with E-state index in [0.29, 0.717) is 6.04 Å². The maximum absolute atomic E-state index is 5.35. The highest BCUT2D eigenvalue weighted by molar-refractivity contribution is 6.61. The van der Waals surface area contributed by atoms with Crippen LogP contribution in [0.5, 0.6) is 0 Å². The van der Waals surface area contributed by atoms with Crippen LogP contribution in [-0.4, -0.2) is 33.3 Å². The van der Waals surface area contributed by atoms with E-state index in [-0.39, 0.29) is 7.12 Å². The molecule has 0 saturated carbocycles. The molecule has 1 heterocycles. The lowest BCUT2D eigenvalue weighted by atomic mass is 9.74. The molecule has 3 nitrogen and oxygen atoms in total. The molecule has 0 fully saturated rings. The van der Waals surface area contributed by atoms with E-state index in [9.17, 15) is 0 Å². The molecule has 1 aromatic carbocycles. The van der Waals surface area contributed by atoms with Gasteiger partial charge in [-0.1, -0.05) is 17.7 Å². The van der Waals surface area contributed by atoms with Gasteiger partial charge in [0.2, 0.25) is 0 Å². The highest BCUT2D eigenvalue weighted by Gasteiger charge is 2.28. The van der Waals surface area contributed by atoms with Crippen molar-refractivity contribution in [1.29, 1.82) is 0 Å². The highest BCUT2D eigenvalue weighted by atomic mass is 16.6. The fraction of sp³-hybridized carbons (Fsp3) is 0.538. The molecule has 92 valence electrons. The van der Waals surface area contributed by atoms with E-state index in [1.54, 1.807) is 14.2 Å².